The Balaban J connectivity index is 2.35. The fourth-order valence-electron chi connectivity index (χ4n) is 1.61. The summed E-state index contributed by atoms with van der Waals surface area (Å²) in [5.74, 6) is 0.561. The van der Waals surface area contributed by atoms with Crippen LogP contribution < -0.4 is 10.1 Å². The van der Waals surface area contributed by atoms with Crippen LogP contribution in [-0.4, -0.2) is 50.5 Å². The Morgan fingerprint density at radius 3 is 2.71 bits per heavy atom. The second kappa shape index (κ2) is 9.89. The number of aromatic nitrogens is 1. The zero-order valence-corrected chi connectivity index (χ0v) is 12.3. The highest BCUT2D eigenvalue weighted by atomic mass is 16.6. The first kappa shape index (κ1) is 17.1. The smallest absolute Gasteiger partial charge is 0.311 e. The van der Waals surface area contributed by atoms with E-state index >= 15 is 0 Å². The van der Waals surface area contributed by atoms with Gasteiger partial charge in [0.1, 0.15) is 0 Å². The molecule has 0 aliphatic heterocycles. The van der Waals surface area contributed by atoms with Gasteiger partial charge in [-0.2, -0.15) is 4.98 Å². The van der Waals surface area contributed by atoms with Gasteiger partial charge >= 0.3 is 5.69 Å². The lowest BCUT2D eigenvalue weighted by atomic mass is 10.3. The molecule has 0 spiro atoms. The number of hydrogen-bond acceptors (Lipinski definition) is 7. The number of nitro groups is 1. The predicted octanol–water partition coefficient (Wildman–Crippen LogP) is 1.85. The molecular formula is C13H21N3O5. The minimum absolute atomic E-state index is 0.0628. The van der Waals surface area contributed by atoms with Gasteiger partial charge in [0.2, 0.25) is 11.7 Å². The largest absolute Gasteiger partial charge is 0.481 e. The van der Waals surface area contributed by atoms with Crippen molar-refractivity contribution in [2.45, 2.75) is 12.8 Å². The molecule has 0 bridgehead atoms. The van der Waals surface area contributed by atoms with E-state index in [2.05, 4.69) is 10.3 Å². The molecule has 1 rings (SSSR count). The van der Waals surface area contributed by atoms with Gasteiger partial charge in [0.25, 0.3) is 0 Å². The average molecular weight is 299 g/mol. The van der Waals surface area contributed by atoms with Gasteiger partial charge in [-0.3, -0.25) is 10.1 Å². The highest BCUT2D eigenvalue weighted by molar-refractivity contribution is 5.56. The van der Waals surface area contributed by atoms with E-state index in [9.17, 15) is 10.1 Å². The third kappa shape index (κ3) is 6.37. The molecule has 8 heteroatoms. The van der Waals surface area contributed by atoms with Gasteiger partial charge in [0.15, 0.2) is 0 Å². The monoisotopic (exact) mass is 299 g/mol. The van der Waals surface area contributed by atoms with E-state index in [1.54, 1.807) is 7.11 Å². The highest BCUT2D eigenvalue weighted by Gasteiger charge is 2.15. The summed E-state index contributed by atoms with van der Waals surface area (Å²) in [6.45, 7) is 2.37. The number of hydrogen-bond donors (Lipinski definition) is 1. The second-order valence-corrected chi connectivity index (χ2v) is 4.22. The molecule has 0 aliphatic rings. The third-order valence-corrected chi connectivity index (χ3v) is 2.69. The van der Waals surface area contributed by atoms with Crippen molar-refractivity contribution in [3.63, 3.8) is 0 Å². The van der Waals surface area contributed by atoms with Crippen molar-refractivity contribution in [1.29, 1.82) is 0 Å². The van der Waals surface area contributed by atoms with Crippen molar-refractivity contribution < 1.29 is 19.1 Å². The van der Waals surface area contributed by atoms with Crippen LogP contribution in [0.15, 0.2) is 12.1 Å². The minimum atomic E-state index is -0.470. The topological polar surface area (TPSA) is 95.8 Å². The van der Waals surface area contributed by atoms with Crippen LogP contribution in [0.25, 0.3) is 0 Å². The lowest BCUT2D eigenvalue weighted by Gasteiger charge is -2.08. The maximum atomic E-state index is 10.9. The Morgan fingerprint density at radius 1 is 1.24 bits per heavy atom. The van der Waals surface area contributed by atoms with Crippen molar-refractivity contribution in [2.24, 2.45) is 0 Å². The van der Waals surface area contributed by atoms with Crippen molar-refractivity contribution in [2.75, 3.05) is 45.9 Å². The first-order chi connectivity index (χ1) is 10.2. The lowest BCUT2D eigenvalue weighted by Crippen LogP contribution is -2.08. The molecule has 0 saturated carbocycles. The maximum absolute atomic E-state index is 10.9. The molecule has 1 aromatic heterocycles. The molecule has 0 aromatic carbocycles. The quantitative estimate of drug-likeness (QED) is 0.378. The van der Waals surface area contributed by atoms with Gasteiger partial charge in [-0.15, -0.1) is 0 Å². The van der Waals surface area contributed by atoms with E-state index in [0.717, 1.165) is 12.8 Å². The highest BCUT2D eigenvalue weighted by Crippen LogP contribution is 2.24. The molecule has 21 heavy (non-hydrogen) atoms. The second-order valence-electron chi connectivity index (χ2n) is 4.22. The average Bonchev–Trinajstić information content (AvgIpc) is 2.49. The van der Waals surface area contributed by atoms with Crippen LogP contribution in [0.3, 0.4) is 0 Å². The number of pyridine rings is 1. The van der Waals surface area contributed by atoms with Crippen LogP contribution in [0, 0.1) is 10.1 Å². The van der Waals surface area contributed by atoms with Gasteiger partial charge in [-0.05, 0) is 12.8 Å². The third-order valence-electron chi connectivity index (χ3n) is 2.69. The standard InChI is InChI=1S/C13H21N3O5/c1-19-9-10-21-8-4-3-7-14-13-11(16(17)18)5-6-12(15-13)20-2/h5-6H,3-4,7-10H2,1-2H3,(H,14,15). The summed E-state index contributed by atoms with van der Waals surface area (Å²) in [5.41, 5.74) is -0.0628. The number of nitrogens with zero attached hydrogens (tertiary/aromatic N) is 2. The van der Waals surface area contributed by atoms with Gasteiger partial charge in [0.05, 0.1) is 25.2 Å². The van der Waals surface area contributed by atoms with E-state index < -0.39 is 4.92 Å². The first-order valence-electron chi connectivity index (χ1n) is 6.69. The summed E-state index contributed by atoms with van der Waals surface area (Å²) in [6.07, 6.45) is 1.68. The molecule has 0 atom stereocenters. The van der Waals surface area contributed by atoms with Crippen LogP contribution in [0.4, 0.5) is 11.5 Å². The van der Waals surface area contributed by atoms with Crippen LogP contribution >= 0.6 is 0 Å². The molecule has 1 aromatic rings. The predicted molar refractivity (Wildman–Crippen MR) is 77.9 cm³/mol. The maximum Gasteiger partial charge on any atom is 0.311 e. The summed E-state index contributed by atoms with van der Waals surface area (Å²) in [4.78, 5) is 14.5. The number of rotatable bonds is 11. The Labute approximate surface area is 123 Å². The van der Waals surface area contributed by atoms with Gasteiger partial charge in [-0.1, -0.05) is 0 Å². The summed E-state index contributed by atoms with van der Waals surface area (Å²) in [5, 5.41) is 13.9. The minimum Gasteiger partial charge on any atom is -0.481 e. The van der Waals surface area contributed by atoms with E-state index in [4.69, 9.17) is 14.2 Å². The van der Waals surface area contributed by atoms with Crippen molar-refractivity contribution in [1.82, 2.24) is 4.98 Å². The molecule has 0 radical (unpaired) electrons. The van der Waals surface area contributed by atoms with E-state index in [0.29, 0.717) is 32.2 Å². The zero-order valence-electron chi connectivity index (χ0n) is 12.3. The molecule has 0 amide bonds. The van der Waals surface area contributed by atoms with Crippen molar-refractivity contribution in [3.8, 4) is 5.88 Å². The molecule has 0 aliphatic carbocycles. The van der Waals surface area contributed by atoms with E-state index in [1.807, 2.05) is 0 Å². The fraction of sp³-hybridized carbons (Fsp3) is 0.615. The van der Waals surface area contributed by atoms with Crippen molar-refractivity contribution in [3.05, 3.63) is 22.2 Å². The summed E-state index contributed by atoms with van der Waals surface area (Å²) in [7, 11) is 3.09. The normalized spacial score (nSPS) is 10.4. The summed E-state index contributed by atoms with van der Waals surface area (Å²) >= 11 is 0. The molecule has 0 unspecified atom stereocenters. The lowest BCUT2D eigenvalue weighted by molar-refractivity contribution is -0.384. The molecule has 0 saturated heterocycles. The molecule has 118 valence electrons. The number of methoxy groups -OCH3 is 2. The Morgan fingerprint density at radius 2 is 2.05 bits per heavy atom. The van der Waals surface area contributed by atoms with Crippen LogP contribution in [0.1, 0.15) is 12.8 Å². The molecule has 1 heterocycles. The van der Waals surface area contributed by atoms with Crippen LogP contribution in [0.2, 0.25) is 0 Å². The molecule has 0 fully saturated rings. The zero-order chi connectivity index (χ0) is 15.5. The van der Waals surface area contributed by atoms with Gasteiger partial charge in [0, 0.05) is 32.4 Å². The first-order valence-corrected chi connectivity index (χ1v) is 6.69. The fourth-order valence-corrected chi connectivity index (χ4v) is 1.61. The molecule has 1 N–H and O–H groups in total. The SMILES string of the molecule is COCCOCCCCNc1nc(OC)ccc1[N+](=O)[O-]. The Kier molecular flexibility index (Phi) is 8.07. The Hall–Kier alpha value is -1.93. The number of nitrogens with one attached hydrogen (secondary N) is 1. The summed E-state index contributed by atoms with van der Waals surface area (Å²) < 4.78 is 15.2. The summed E-state index contributed by atoms with van der Waals surface area (Å²) in [6, 6.07) is 2.84. The number of unbranched alkanes of at least 4 members (excludes halogenated alkanes) is 1. The van der Waals surface area contributed by atoms with Crippen molar-refractivity contribution >= 4 is 11.5 Å². The van der Waals surface area contributed by atoms with Gasteiger partial charge < -0.3 is 19.5 Å². The molecular weight excluding hydrogens is 278 g/mol. The van der Waals surface area contributed by atoms with Crippen LogP contribution in [-0.2, 0) is 9.47 Å². The molecule has 8 nitrogen and oxygen atoms in total. The van der Waals surface area contributed by atoms with E-state index in [-0.39, 0.29) is 11.5 Å². The van der Waals surface area contributed by atoms with Gasteiger partial charge in [-0.25, -0.2) is 0 Å². The number of anilines is 1. The Bertz CT molecular complexity index is 442. The number of ether oxygens (including phenoxy) is 3. The van der Waals surface area contributed by atoms with Crippen LogP contribution in [0.5, 0.6) is 5.88 Å². The van der Waals surface area contributed by atoms with E-state index in [1.165, 1.54) is 19.2 Å².